The van der Waals surface area contributed by atoms with Crippen LogP contribution in [0.5, 0.6) is 0 Å². The number of nitrogens with zero attached hydrogens (tertiary/aromatic N) is 3. The van der Waals surface area contributed by atoms with Gasteiger partial charge >= 0.3 is 0 Å². The molecule has 1 atom stereocenters. The summed E-state index contributed by atoms with van der Waals surface area (Å²) in [4.78, 5) is 26.5. The Morgan fingerprint density at radius 2 is 1.93 bits per heavy atom. The smallest absolute Gasteiger partial charge is 0.273 e. The molecule has 4 bridgehead atoms. The lowest BCUT2D eigenvalue weighted by atomic mass is 9.49. The summed E-state index contributed by atoms with van der Waals surface area (Å²) in [5.74, 6) is 2.27. The zero-order chi connectivity index (χ0) is 20.7. The van der Waals surface area contributed by atoms with E-state index in [1.807, 2.05) is 24.4 Å². The summed E-state index contributed by atoms with van der Waals surface area (Å²) < 4.78 is 1.63. The first kappa shape index (κ1) is 19.7. The highest BCUT2D eigenvalue weighted by Crippen LogP contribution is 2.60. The highest BCUT2D eigenvalue weighted by molar-refractivity contribution is 7.10. The molecule has 2 aromatic rings. The van der Waals surface area contributed by atoms with Crippen LogP contribution in [0, 0.1) is 23.2 Å². The molecule has 2 heterocycles. The van der Waals surface area contributed by atoms with Crippen molar-refractivity contribution in [2.45, 2.75) is 58.0 Å². The summed E-state index contributed by atoms with van der Waals surface area (Å²) >= 11 is 1.61. The molecule has 160 valence electrons. The van der Waals surface area contributed by atoms with E-state index in [1.54, 1.807) is 22.2 Å². The monoisotopic (exact) mass is 427 g/mol. The maximum absolute atomic E-state index is 13.0. The maximum atomic E-state index is 13.0. The minimum absolute atomic E-state index is 0.0674. The maximum Gasteiger partial charge on any atom is 0.273 e. The number of carbonyl (C=O) groups excluding carboxylic acids is 2. The number of rotatable bonds is 7. The van der Waals surface area contributed by atoms with E-state index in [0.29, 0.717) is 18.8 Å². The van der Waals surface area contributed by atoms with Crippen molar-refractivity contribution < 1.29 is 9.59 Å². The predicted octanol–water partition coefficient (Wildman–Crippen LogP) is 3.16. The third kappa shape index (κ3) is 3.77. The van der Waals surface area contributed by atoms with Crippen molar-refractivity contribution in [3.63, 3.8) is 0 Å². The molecule has 4 aliphatic rings. The van der Waals surface area contributed by atoms with Gasteiger partial charge in [-0.25, -0.2) is 4.68 Å². The number of nitrogens with one attached hydrogen (secondary N) is 2. The number of carbonyl (C=O) groups is 2. The lowest BCUT2D eigenvalue weighted by Crippen LogP contribution is -2.53. The van der Waals surface area contributed by atoms with Crippen molar-refractivity contribution in [2.75, 3.05) is 6.54 Å². The van der Waals surface area contributed by atoms with Crippen LogP contribution >= 0.6 is 11.3 Å². The SMILES string of the molecule is C[C@@H](NC(=O)c1cn(CCNC(=O)C23CC4CC(CC(C4)C2)C3)nn1)c1cccs1. The fraction of sp³-hybridized carbons (Fsp3) is 0.636. The first-order valence-electron chi connectivity index (χ1n) is 11.0. The second-order valence-electron chi connectivity index (χ2n) is 9.53. The van der Waals surface area contributed by atoms with Crippen LogP contribution < -0.4 is 10.6 Å². The molecule has 0 radical (unpaired) electrons. The fourth-order valence-corrected chi connectivity index (χ4v) is 6.99. The molecule has 0 aromatic carbocycles. The number of hydrogen-bond acceptors (Lipinski definition) is 5. The molecular formula is C22H29N5O2S. The van der Waals surface area contributed by atoms with Crippen molar-refractivity contribution in [1.29, 1.82) is 0 Å². The molecule has 4 saturated carbocycles. The van der Waals surface area contributed by atoms with Crippen LogP contribution in [0.2, 0.25) is 0 Å². The Morgan fingerprint density at radius 3 is 2.57 bits per heavy atom. The molecule has 4 fully saturated rings. The van der Waals surface area contributed by atoms with Gasteiger partial charge in [-0.3, -0.25) is 9.59 Å². The van der Waals surface area contributed by atoms with Gasteiger partial charge in [0.05, 0.1) is 18.8 Å². The van der Waals surface area contributed by atoms with Gasteiger partial charge in [0.1, 0.15) is 0 Å². The van der Waals surface area contributed by atoms with Crippen molar-refractivity contribution in [3.8, 4) is 0 Å². The molecule has 0 unspecified atom stereocenters. The molecular weight excluding hydrogens is 398 g/mol. The van der Waals surface area contributed by atoms with Gasteiger partial charge in [-0.2, -0.15) is 0 Å². The van der Waals surface area contributed by atoms with Crippen LogP contribution in [0.15, 0.2) is 23.7 Å². The quantitative estimate of drug-likeness (QED) is 0.710. The van der Waals surface area contributed by atoms with Gasteiger partial charge in [0.25, 0.3) is 5.91 Å². The van der Waals surface area contributed by atoms with Crippen LogP contribution in [0.25, 0.3) is 0 Å². The lowest BCUT2D eigenvalue weighted by molar-refractivity contribution is -0.146. The fourth-order valence-electron chi connectivity index (χ4n) is 6.25. The molecule has 0 saturated heterocycles. The zero-order valence-corrected chi connectivity index (χ0v) is 18.2. The summed E-state index contributed by atoms with van der Waals surface area (Å²) in [6.07, 6.45) is 8.86. The first-order valence-corrected chi connectivity index (χ1v) is 11.9. The van der Waals surface area contributed by atoms with E-state index in [1.165, 1.54) is 19.3 Å². The van der Waals surface area contributed by atoms with Crippen molar-refractivity contribution in [3.05, 3.63) is 34.3 Å². The van der Waals surface area contributed by atoms with Crippen LogP contribution in [0.1, 0.15) is 66.9 Å². The van der Waals surface area contributed by atoms with Crippen molar-refractivity contribution in [1.82, 2.24) is 25.6 Å². The molecule has 6 rings (SSSR count). The van der Waals surface area contributed by atoms with Crippen LogP contribution in [0.3, 0.4) is 0 Å². The van der Waals surface area contributed by atoms with Crippen molar-refractivity contribution in [2.24, 2.45) is 23.2 Å². The van der Waals surface area contributed by atoms with Crippen LogP contribution in [0.4, 0.5) is 0 Å². The third-order valence-electron chi connectivity index (χ3n) is 7.24. The van der Waals surface area contributed by atoms with Crippen molar-refractivity contribution >= 4 is 23.2 Å². The standard InChI is InChI=1S/C22H29N5O2S/c1-14(19-3-2-6-30-19)24-20(28)18-13-27(26-25-18)5-4-23-21(29)22-10-15-7-16(11-22)9-17(8-15)12-22/h2-3,6,13-17H,4-5,7-12H2,1H3,(H,23,29)(H,24,28)/t14-,15?,16?,17?,22?/m1/s1. The molecule has 0 aliphatic heterocycles. The Bertz CT molecular complexity index is 887. The van der Waals surface area contributed by atoms with E-state index in [9.17, 15) is 9.59 Å². The predicted molar refractivity (Wildman–Crippen MR) is 114 cm³/mol. The van der Waals surface area contributed by atoms with Gasteiger partial charge in [0.2, 0.25) is 5.91 Å². The summed E-state index contributed by atoms with van der Waals surface area (Å²) in [6, 6.07) is 3.90. The zero-order valence-electron chi connectivity index (χ0n) is 17.3. The number of aromatic nitrogens is 3. The Kier molecular flexibility index (Phi) is 5.13. The van der Waals surface area contributed by atoms with E-state index in [2.05, 4.69) is 20.9 Å². The summed E-state index contributed by atoms with van der Waals surface area (Å²) in [5, 5.41) is 16.1. The molecule has 30 heavy (non-hydrogen) atoms. The first-order chi connectivity index (χ1) is 14.5. The number of hydrogen-bond donors (Lipinski definition) is 2. The van der Waals surface area contributed by atoms with Crippen LogP contribution in [-0.2, 0) is 11.3 Å². The topological polar surface area (TPSA) is 88.9 Å². The Balaban J connectivity index is 1.12. The second kappa shape index (κ2) is 7.80. The Morgan fingerprint density at radius 1 is 1.23 bits per heavy atom. The van der Waals surface area contributed by atoms with Gasteiger partial charge < -0.3 is 10.6 Å². The van der Waals surface area contributed by atoms with Gasteiger partial charge in [0.15, 0.2) is 5.69 Å². The summed E-state index contributed by atoms with van der Waals surface area (Å²) in [6.45, 7) is 2.98. The molecule has 2 amide bonds. The Labute approximate surface area is 180 Å². The van der Waals surface area contributed by atoms with Gasteiger partial charge in [-0.15, -0.1) is 16.4 Å². The average molecular weight is 428 g/mol. The lowest BCUT2D eigenvalue weighted by Gasteiger charge is -2.55. The molecule has 8 heteroatoms. The summed E-state index contributed by atoms with van der Waals surface area (Å²) in [7, 11) is 0. The van der Waals surface area contributed by atoms with E-state index >= 15 is 0 Å². The highest BCUT2D eigenvalue weighted by atomic mass is 32.1. The van der Waals surface area contributed by atoms with Gasteiger partial charge in [-0.05, 0) is 74.6 Å². The molecule has 4 aliphatic carbocycles. The van der Waals surface area contributed by atoms with E-state index in [4.69, 9.17) is 0 Å². The third-order valence-corrected chi connectivity index (χ3v) is 8.29. The van der Waals surface area contributed by atoms with E-state index in [0.717, 1.165) is 41.9 Å². The summed E-state index contributed by atoms with van der Waals surface area (Å²) in [5.41, 5.74) is 0.172. The molecule has 7 nitrogen and oxygen atoms in total. The molecule has 2 N–H and O–H groups in total. The highest BCUT2D eigenvalue weighted by Gasteiger charge is 2.54. The Hall–Kier alpha value is -2.22. The average Bonchev–Trinajstić information content (AvgIpc) is 3.39. The van der Waals surface area contributed by atoms with Crippen LogP contribution in [-0.4, -0.2) is 33.4 Å². The molecule has 0 spiro atoms. The minimum atomic E-state index is -0.236. The normalized spacial score (nSPS) is 30.2. The van der Waals surface area contributed by atoms with Gasteiger partial charge in [0, 0.05) is 16.8 Å². The molecule has 2 aromatic heterocycles. The minimum Gasteiger partial charge on any atom is -0.354 e. The number of amides is 2. The van der Waals surface area contributed by atoms with E-state index in [-0.39, 0.29) is 23.3 Å². The van der Waals surface area contributed by atoms with E-state index < -0.39 is 0 Å². The number of thiophene rings is 1. The van der Waals surface area contributed by atoms with Gasteiger partial charge in [-0.1, -0.05) is 11.3 Å². The largest absolute Gasteiger partial charge is 0.354 e. The second-order valence-corrected chi connectivity index (χ2v) is 10.5.